The third-order valence-electron chi connectivity index (χ3n) is 3.99. The molecule has 3 nitrogen and oxygen atoms in total. The van der Waals surface area contributed by atoms with Crippen molar-refractivity contribution in [3.8, 4) is 0 Å². The van der Waals surface area contributed by atoms with Gasteiger partial charge in [-0.1, -0.05) is 0 Å². The van der Waals surface area contributed by atoms with E-state index in [1.165, 1.54) is 37.4 Å². The highest BCUT2D eigenvalue weighted by atomic mass is 32.1. The first-order chi connectivity index (χ1) is 7.37. The number of aromatic nitrogens is 1. The van der Waals surface area contributed by atoms with E-state index < -0.39 is 0 Å². The summed E-state index contributed by atoms with van der Waals surface area (Å²) in [4.78, 5) is 7.15. The fourth-order valence-corrected chi connectivity index (χ4v) is 4.15. The normalized spacial score (nSPS) is 35.9. The SMILES string of the molecule is CNC1(c2nccs2)CCN2CCCC21. The maximum Gasteiger partial charge on any atom is 0.114 e. The van der Waals surface area contributed by atoms with Gasteiger partial charge >= 0.3 is 0 Å². The summed E-state index contributed by atoms with van der Waals surface area (Å²) in [6, 6.07) is 0.675. The van der Waals surface area contributed by atoms with Crippen LogP contribution >= 0.6 is 11.3 Å². The fraction of sp³-hybridized carbons (Fsp3) is 0.727. The van der Waals surface area contributed by atoms with Gasteiger partial charge in [0.1, 0.15) is 5.01 Å². The van der Waals surface area contributed by atoms with Crippen LogP contribution in [0, 0.1) is 0 Å². The smallest absolute Gasteiger partial charge is 0.114 e. The number of thiazole rings is 1. The molecule has 3 rings (SSSR count). The third kappa shape index (κ3) is 1.28. The Morgan fingerprint density at radius 2 is 2.53 bits per heavy atom. The maximum atomic E-state index is 4.53. The van der Waals surface area contributed by atoms with Crippen molar-refractivity contribution < 1.29 is 0 Å². The fourth-order valence-electron chi connectivity index (χ4n) is 3.23. The Morgan fingerprint density at radius 1 is 1.60 bits per heavy atom. The van der Waals surface area contributed by atoms with Crippen LogP contribution in [0.1, 0.15) is 24.3 Å². The van der Waals surface area contributed by atoms with Gasteiger partial charge in [-0.2, -0.15) is 0 Å². The van der Waals surface area contributed by atoms with Gasteiger partial charge in [0.2, 0.25) is 0 Å². The average molecular weight is 223 g/mol. The Bertz CT molecular complexity index is 338. The van der Waals surface area contributed by atoms with Crippen molar-refractivity contribution in [2.45, 2.75) is 30.8 Å². The zero-order valence-corrected chi connectivity index (χ0v) is 9.89. The van der Waals surface area contributed by atoms with Gasteiger partial charge in [0.25, 0.3) is 0 Å². The molecular weight excluding hydrogens is 206 g/mol. The molecule has 0 radical (unpaired) electrons. The molecule has 2 aliphatic rings. The summed E-state index contributed by atoms with van der Waals surface area (Å²) in [6.45, 7) is 2.50. The molecular formula is C11H17N3S. The summed E-state index contributed by atoms with van der Waals surface area (Å²) in [5, 5.41) is 6.92. The lowest BCUT2D eigenvalue weighted by Gasteiger charge is -2.33. The molecule has 82 valence electrons. The molecule has 0 spiro atoms. The second-order valence-corrected chi connectivity index (χ2v) is 5.40. The van der Waals surface area contributed by atoms with Crippen molar-refractivity contribution in [3.63, 3.8) is 0 Å². The minimum Gasteiger partial charge on any atom is -0.307 e. The average Bonchev–Trinajstić information content (AvgIpc) is 2.95. The summed E-state index contributed by atoms with van der Waals surface area (Å²) in [6.07, 6.45) is 5.80. The summed E-state index contributed by atoms with van der Waals surface area (Å²) in [7, 11) is 2.09. The lowest BCUT2D eigenvalue weighted by atomic mass is 9.89. The molecule has 2 saturated heterocycles. The summed E-state index contributed by atoms with van der Waals surface area (Å²) >= 11 is 1.79. The predicted molar refractivity (Wildman–Crippen MR) is 62.1 cm³/mol. The highest BCUT2D eigenvalue weighted by Crippen LogP contribution is 2.43. The van der Waals surface area contributed by atoms with Crippen molar-refractivity contribution >= 4 is 11.3 Å². The number of nitrogens with zero attached hydrogens (tertiary/aromatic N) is 2. The quantitative estimate of drug-likeness (QED) is 0.822. The van der Waals surface area contributed by atoms with Crippen LogP contribution in [-0.4, -0.2) is 36.1 Å². The summed E-state index contributed by atoms with van der Waals surface area (Å²) in [5.41, 5.74) is 0.144. The summed E-state index contributed by atoms with van der Waals surface area (Å²) in [5.74, 6) is 0. The number of likely N-dealkylation sites (N-methyl/N-ethyl adjacent to an activating group) is 1. The number of nitrogens with one attached hydrogen (secondary N) is 1. The van der Waals surface area contributed by atoms with E-state index in [1.807, 2.05) is 6.20 Å². The van der Waals surface area contributed by atoms with Crippen LogP contribution in [0.2, 0.25) is 0 Å². The largest absolute Gasteiger partial charge is 0.307 e. The first-order valence-electron chi connectivity index (χ1n) is 5.70. The topological polar surface area (TPSA) is 28.2 Å². The molecule has 1 aromatic heterocycles. The minimum atomic E-state index is 0.144. The zero-order chi connectivity index (χ0) is 10.3. The highest BCUT2D eigenvalue weighted by Gasteiger charge is 2.50. The zero-order valence-electron chi connectivity index (χ0n) is 9.07. The molecule has 1 aromatic rings. The second kappa shape index (κ2) is 3.54. The second-order valence-electron chi connectivity index (χ2n) is 4.50. The van der Waals surface area contributed by atoms with Gasteiger partial charge in [0.05, 0.1) is 5.54 Å². The van der Waals surface area contributed by atoms with Crippen molar-refractivity contribution in [1.82, 2.24) is 15.2 Å². The lowest BCUT2D eigenvalue weighted by molar-refractivity contribution is 0.236. The number of hydrogen-bond donors (Lipinski definition) is 1. The first-order valence-corrected chi connectivity index (χ1v) is 6.58. The van der Waals surface area contributed by atoms with Crippen LogP contribution in [0.25, 0.3) is 0 Å². The Labute approximate surface area is 94.5 Å². The van der Waals surface area contributed by atoms with Gasteiger partial charge in [0.15, 0.2) is 0 Å². The number of hydrogen-bond acceptors (Lipinski definition) is 4. The van der Waals surface area contributed by atoms with Crippen LogP contribution in [0.3, 0.4) is 0 Å². The van der Waals surface area contributed by atoms with Gasteiger partial charge in [0, 0.05) is 24.2 Å². The molecule has 15 heavy (non-hydrogen) atoms. The van der Waals surface area contributed by atoms with Gasteiger partial charge in [-0.3, -0.25) is 4.90 Å². The molecule has 4 heteroatoms. The molecule has 2 aliphatic heterocycles. The number of fused-ring (bicyclic) bond motifs is 1. The molecule has 3 heterocycles. The lowest BCUT2D eigenvalue weighted by Crippen LogP contribution is -2.48. The standard InChI is InChI=1S/C11H17N3S/c1-12-11(10-13-5-8-15-10)4-7-14-6-2-3-9(11)14/h5,8-9,12H,2-4,6-7H2,1H3. The molecule has 0 aromatic carbocycles. The van der Waals surface area contributed by atoms with Crippen molar-refractivity contribution in [2.75, 3.05) is 20.1 Å². The Morgan fingerprint density at radius 3 is 3.27 bits per heavy atom. The molecule has 0 aliphatic carbocycles. The Kier molecular flexibility index (Phi) is 2.30. The number of rotatable bonds is 2. The van der Waals surface area contributed by atoms with Gasteiger partial charge in [-0.25, -0.2) is 4.98 Å². The van der Waals surface area contributed by atoms with Crippen LogP contribution in [0.15, 0.2) is 11.6 Å². The minimum absolute atomic E-state index is 0.144. The molecule has 2 fully saturated rings. The molecule has 2 atom stereocenters. The molecule has 0 amide bonds. The molecule has 0 saturated carbocycles. The van der Waals surface area contributed by atoms with Crippen LogP contribution in [-0.2, 0) is 5.54 Å². The Hall–Kier alpha value is -0.450. The Balaban J connectivity index is 1.99. The van der Waals surface area contributed by atoms with Gasteiger partial charge < -0.3 is 5.32 Å². The van der Waals surface area contributed by atoms with E-state index in [-0.39, 0.29) is 5.54 Å². The van der Waals surface area contributed by atoms with Crippen molar-refractivity contribution in [3.05, 3.63) is 16.6 Å². The van der Waals surface area contributed by atoms with Crippen molar-refractivity contribution in [1.29, 1.82) is 0 Å². The molecule has 0 bridgehead atoms. The maximum absolute atomic E-state index is 4.53. The van der Waals surface area contributed by atoms with E-state index >= 15 is 0 Å². The van der Waals surface area contributed by atoms with E-state index in [0.717, 1.165) is 0 Å². The van der Waals surface area contributed by atoms with Gasteiger partial charge in [-0.15, -0.1) is 11.3 Å². The van der Waals surface area contributed by atoms with E-state index in [9.17, 15) is 0 Å². The van der Waals surface area contributed by atoms with Gasteiger partial charge in [-0.05, 0) is 32.9 Å². The van der Waals surface area contributed by atoms with E-state index in [1.54, 1.807) is 11.3 Å². The van der Waals surface area contributed by atoms with Crippen molar-refractivity contribution in [2.24, 2.45) is 0 Å². The van der Waals surface area contributed by atoms with E-state index in [0.29, 0.717) is 6.04 Å². The monoisotopic (exact) mass is 223 g/mol. The molecule has 2 unspecified atom stereocenters. The highest BCUT2D eigenvalue weighted by molar-refractivity contribution is 7.09. The van der Waals surface area contributed by atoms with Crippen LogP contribution in [0.4, 0.5) is 0 Å². The molecule has 1 N–H and O–H groups in total. The summed E-state index contributed by atoms with van der Waals surface area (Å²) < 4.78 is 0. The third-order valence-corrected chi connectivity index (χ3v) is 4.94. The van der Waals surface area contributed by atoms with Crippen LogP contribution < -0.4 is 5.32 Å². The van der Waals surface area contributed by atoms with E-state index in [2.05, 4.69) is 27.6 Å². The predicted octanol–water partition coefficient (Wildman–Crippen LogP) is 1.43. The van der Waals surface area contributed by atoms with Crippen LogP contribution in [0.5, 0.6) is 0 Å². The van der Waals surface area contributed by atoms with E-state index in [4.69, 9.17) is 0 Å². The first kappa shape index (κ1) is 9.75.